The predicted molar refractivity (Wildman–Crippen MR) is 61.7 cm³/mol. The minimum Gasteiger partial charge on any atom is -0.284 e. The van der Waals surface area contributed by atoms with Gasteiger partial charge in [-0.3, -0.25) is 4.84 Å². The van der Waals surface area contributed by atoms with Crippen molar-refractivity contribution in [1.82, 2.24) is 4.47 Å². The first-order valence-electron chi connectivity index (χ1n) is 5.07. The Labute approximate surface area is 95.1 Å². The fourth-order valence-electron chi connectivity index (χ4n) is 1.42. The van der Waals surface area contributed by atoms with E-state index in [0.29, 0.717) is 13.2 Å². The molecule has 0 aromatic heterocycles. The van der Waals surface area contributed by atoms with Crippen LogP contribution in [0.15, 0.2) is 35.7 Å². The van der Waals surface area contributed by atoms with Crippen LogP contribution < -0.4 is 0 Å². The molecule has 4 nitrogen and oxygen atoms in total. The molecular weight excluding hydrogens is 226 g/mol. The van der Waals surface area contributed by atoms with Gasteiger partial charge in [-0.15, -0.1) is 0 Å². The van der Waals surface area contributed by atoms with Crippen LogP contribution in [0, 0.1) is 0 Å². The van der Waals surface area contributed by atoms with Gasteiger partial charge in [0, 0.05) is 12.0 Å². The number of hydrogen-bond acceptors (Lipinski definition) is 3. The molecule has 0 radical (unpaired) electrons. The van der Waals surface area contributed by atoms with Crippen LogP contribution in [0.1, 0.15) is 12.0 Å². The van der Waals surface area contributed by atoms with Gasteiger partial charge in [0.15, 0.2) is 0 Å². The summed E-state index contributed by atoms with van der Waals surface area (Å²) in [6, 6.07) is 9.29. The van der Waals surface area contributed by atoms with Crippen LogP contribution >= 0.6 is 0 Å². The third kappa shape index (κ3) is 2.69. The molecule has 0 aliphatic carbocycles. The largest absolute Gasteiger partial charge is 0.284 e. The molecule has 0 amide bonds. The van der Waals surface area contributed by atoms with E-state index in [1.807, 2.05) is 30.3 Å². The lowest BCUT2D eigenvalue weighted by atomic mass is 10.2. The van der Waals surface area contributed by atoms with Crippen LogP contribution in [-0.4, -0.2) is 26.0 Å². The van der Waals surface area contributed by atoms with Crippen molar-refractivity contribution in [2.75, 3.05) is 13.2 Å². The molecule has 1 aliphatic rings. The van der Waals surface area contributed by atoms with Crippen molar-refractivity contribution in [2.24, 2.45) is 0 Å². The Balaban J connectivity index is 2.11. The zero-order valence-electron chi connectivity index (χ0n) is 8.74. The van der Waals surface area contributed by atoms with E-state index < -0.39 is 10.0 Å². The van der Waals surface area contributed by atoms with E-state index in [4.69, 9.17) is 4.84 Å². The van der Waals surface area contributed by atoms with Gasteiger partial charge in [0.05, 0.1) is 6.61 Å². The molecule has 0 spiro atoms. The maximum atomic E-state index is 11.7. The van der Waals surface area contributed by atoms with Crippen LogP contribution in [0.3, 0.4) is 0 Å². The van der Waals surface area contributed by atoms with Gasteiger partial charge >= 0.3 is 0 Å². The van der Waals surface area contributed by atoms with Gasteiger partial charge in [-0.05, 0) is 18.1 Å². The molecule has 0 unspecified atom stereocenters. The highest BCUT2D eigenvalue weighted by atomic mass is 32.2. The Kier molecular flexibility index (Phi) is 3.38. The van der Waals surface area contributed by atoms with E-state index in [0.717, 1.165) is 16.5 Å². The molecule has 0 saturated carbocycles. The monoisotopic (exact) mass is 239 g/mol. The summed E-state index contributed by atoms with van der Waals surface area (Å²) in [6.45, 7) is 0.903. The molecule has 5 heteroatoms. The van der Waals surface area contributed by atoms with E-state index in [1.54, 1.807) is 6.08 Å². The van der Waals surface area contributed by atoms with Crippen molar-refractivity contribution in [3.05, 3.63) is 41.3 Å². The number of hydroxylamine groups is 1. The van der Waals surface area contributed by atoms with Crippen LogP contribution in [0.2, 0.25) is 0 Å². The van der Waals surface area contributed by atoms with E-state index in [-0.39, 0.29) is 0 Å². The number of benzene rings is 1. The Morgan fingerprint density at radius 2 is 2.00 bits per heavy atom. The molecule has 0 N–H and O–H groups in total. The highest BCUT2D eigenvalue weighted by molar-refractivity contribution is 7.92. The highest BCUT2D eigenvalue weighted by Gasteiger charge is 2.23. The summed E-state index contributed by atoms with van der Waals surface area (Å²) in [6.07, 6.45) is 2.31. The Morgan fingerprint density at radius 1 is 1.25 bits per heavy atom. The van der Waals surface area contributed by atoms with E-state index in [1.165, 1.54) is 5.41 Å². The normalized spacial score (nSPS) is 18.2. The predicted octanol–water partition coefficient (Wildman–Crippen LogP) is 1.62. The van der Waals surface area contributed by atoms with E-state index in [9.17, 15) is 8.42 Å². The molecule has 16 heavy (non-hydrogen) atoms. The second-order valence-electron chi connectivity index (χ2n) is 3.47. The lowest BCUT2D eigenvalue weighted by Gasteiger charge is -2.10. The van der Waals surface area contributed by atoms with Crippen LogP contribution in [-0.2, 0) is 14.9 Å². The van der Waals surface area contributed by atoms with Gasteiger partial charge < -0.3 is 0 Å². The highest BCUT2D eigenvalue weighted by Crippen LogP contribution is 2.13. The first-order chi connectivity index (χ1) is 7.68. The van der Waals surface area contributed by atoms with Crippen molar-refractivity contribution in [3.8, 4) is 0 Å². The van der Waals surface area contributed by atoms with E-state index in [2.05, 4.69) is 0 Å². The van der Waals surface area contributed by atoms with Crippen LogP contribution in [0.4, 0.5) is 0 Å². The topological polar surface area (TPSA) is 46.6 Å². The summed E-state index contributed by atoms with van der Waals surface area (Å²) in [5, 5.41) is 1.17. The summed E-state index contributed by atoms with van der Waals surface area (Å²) in [5.74, 6) is 0. The summed E-state index contributed by atoms with van der Waals surface area (Å²) in [4.78, 5) is 5.00. The zero-order valence-corrected chi connectivity index (χ0v) is 9.56. The van der Waals surface area contributed by atoms with Crippen molar-refractivity contribution < 1.29 is 13.3 Å². The molecule has 1 aromatic rings. The fraction of sp³-hybridized carbons (Fsp3) is 0.273. The maximum Gasteiger partial charge on any atom is 0.258 e. The lowest BCUT2D eigenvalue weighted by Crippen LogP contribution is -2.24. The number of hydrogen-bond donors (Lipinski definition) is 0. The molecule has 1 fully saturated rings. The Morgan fingerprint density at radius 3 is 2.62 bits per heavy atom. The van der Waals surface area contributed by atoms with Crippen molar-refractivity contribution in [2.45, 2.75) is 6.42 Å². The molecule has 86 valence electrons. The average molecular weight is 239 g/mol. The lowest BCUT2D eigenvalue weighted by molar-refractivity contribution is -0.0271. The molecule has 1 heterocycles. The Bertz CT molecular complexity index is 461. The van der Waals surface area contributed by atoms with Crippen molar-refractivity contribution in [1.29, 1.82) is 0 Å². The van der Waals surface area contributed by atoms with Gasteiger partial charge in [-0.1, -0.05) is 34.8 Å². The molecule has 1 aromatic carbocycles. The van der Waals surface area contributed by atoms with Crippen LogP contribution in [0.25, 0.3) is 6.08 Å². The molecule has 1 saturated heterocycles. The second kappa shape index (κ2) is 4.78. The van der Waals surface area contributed by atoms with Gasteiger partial charge in [0.1, 0.15) is 0 Å². The van der Waals surface area contributed by atoms with E-state index >= 15 is 0 Å². The van der Waals surface area contributed by atoms with Crippen LogP contribution in [0.5, 0.6) is 0 Å². The van der Waals surface area contributed by atoms with Gasteiger partial charge in [-0.25, -0.2) is 8.42 Å². The Hall–Kier alpha value is -1.17. The van der Waals surface area contributed by atoms with Crippen molar-refractivity contribution >= 4 is 16.1 Å². The first-order valence-corrected chi connectivity index (χ1v) is 6.57. The molecule has 1 aliphatic heterocycles. The SMILES string of the molecule is O=S(=O)(/C=C/c1ccccc1)N1CCCO1. The minimum atomic E-state index is -3.43. The minimum absolute atomic E-state index is 0.432. The smallest absolute Gasteiger partial charge is 0.258 e. The van der Waals surface area contributed by atoms with Crippen molar-refractivity contribution in [3.63, 3.8) is 0 Å². The molecular formula is C11H13NO3S. The maximum absolute atomic E-state index is 11.7. The molecule has 2 rings (SSSR count). The second-order valence-corrected chi connectivity index (χ2v) is 5.18. The summed E-state index contributed by atoms with van der Waals surface area (Å²) >= 11 is 0. The standard InChI is InChI=1S/C11H13NO3S/c13-16(14,12-8-4-9-15-12)10-7-11-5-2-1-3-6-11/h1-3,5-7,10H,4,8-9H2/b10-7+. The summed E-state index contributed by atoms with van der Waals surface area (Å²) in [7, 11) is -3.43. The third-order valence-corrected chi connectivity index (χ3v) is 3.57. The number of nitrogens with zero attached hydrogens (tertiary/aromatic N) is 1. The number of sulfonamides is 1. The summed E-state index contributed by atoms with van der Waals surface area (Å²) in [5.41, 5.74) is 0.852. The quantitative estimate of drug-likeness (QED) is 0.805. The summed E-state index contributed by atoms with van der Waals surface area (Å²) < 4.78 is 24.5. The fourth-order valence-corrected chi connectivity index (χ4v) is 2.49. The molecule has 0 atom stereocenters. The number of rotatable bonds is 3. The average Bonchev–Trinajstić information content (AvgIpc) is 2.82. The third-order valence-electron chi connectivity index (χ3n) is 2.24. The van der Waals surface area contributed by atoms with Gasteiger partial charge in [0.25, 0.3) is 10.0 Å². The zero-order chi connectivity index (χ0) is 11.4. The first kappa shape index (κ1) is 11.3. The molecule has 0 bridgehead atoms. The van der Waals surface area contributed by atoms with Gasteiger partial charge in [0.2, 0.25) is 0 Å². The van der Waals surface area contributed by atoms with Gasteiger partial charge in [-0.2, -0.15) is 0 Å².